The van der Waals surface area contributed by atoms with Crippen molar-refractivity contribution in [3.05, 3.63) is 35.4 Å². The van der Waals surface area contributed by atoms with Crippen LogP contribution in [0.15, 0.2) is 24.3 Å². The normalized spacial score (nSPS) is 19.4. The molecule has 0 unspecified atom stereocenters. The van der Waals surface area contributed by atoms with Gasteiger partial charge >= 0.3 is 0 Å². The average molecular weight is 196 g/mol. The van der Waals surface area contributed by atoms with Crippen molar-refractivity contribution in [1.82, 2.24) is 0 Å². The zero-order valence-corrected chi connectivity index (χ0v) is 8.26. The van der Waals surface area contributed by atoms with E-state index in [1.54, 1.807) is 0 Å². The van der Waals surface area contributed by atoms with Gasteiger partial charge in [0.2, 0.25) is 6.43 Å². The summed E-state index contributed by atoms with van der Waals surface area (Å²) in [5, 5.41) is 0. The molecule has 14 heavy (non-hydrogen) atoms. The maximum absolute atomic E-state index is 13.0. The molecular weight excluding hydrogens is 182 g/mol. The lowest BCUT2D eigenvalue weighted by atomic mass is 9.64. The van der Waals surface area contributed by atoms with Crippen molar-refractivity contribution >= 4 is 0 Å². The molecule has 0 radical (unpaired) electrons. The highest BCUT2D eigenvalue weighted by Gasteiger charge is 2.46. The van der Waals surface area contributed by atoms with Gasteiger partial charge in [-0.1, -0.05) is 36.2 Å². The van der Waals surface area contributed by atoms with Crippen LogP contribution in [-0.4, -0.2) is 6.43 Å². The predicted molar refractivity (Wildman–Crippen MR) is 52.7 cm³/mol. The molecule has 0 amide bonds. The van der Waals surface area contributed by atoms with Gasteiger partial charge in [0, 0.05) is 0 Å². The van der Waals surface area contributed by atoms with Crippen LogP contribution < -0.4 is 0 Å². The van der Waals surface area contributed by atoms with E-state index in [0.29, 0.717) is 12.8 Å². The van der Waals surface area contributed by atoms with Crippen LogP contribution in [0, 0.1) is 6.92 Å². The summed E-state index contributed by atoms with van der Waals surface area (Å²) in [7, 11) is 0. The van der Waals surface area contributed by atoms with Crippen molar-refractivity contribution in [2.24, 2.45) is 0 Å². The fourth-order valence-corrected chi connectivity index (χ4v) is 2.15. The van der Waals surface area contributed by atoms with Gasteiger partial charge < -0.3 is 0 Å². The molecular formula is C12H14F2. The first-order valence-electron chi connectivity index (χ1n) is 5.00. The Morgan fingerprint density at radius 2 is 2.00 bits per heavy atom. The number of rotatable bonds is 2. The maximum Gasteiger partial charge on any atom is 0.248 e. The second kappa shape index (κ2) is 3.34. The first kappa shape index (κ1) is 9.63. The lowest BCUT2D eigenvalue weighted by molar-refractivity contribution is 0.000815. The standard InChI is InChI=1S/C12H14F2/c1-9-4-2-5-10(8-9)12(11(13)14)6-3-7-12/h2,4-5,8,11H,3,6-7H2,1H3. The quantitative estimate of drug-likeness (QED) is 0.676. The minimum atomic E-state index is -2.22. The molecule has 1 aromatic carbocycles. The van der Waals surface area contributed by atoms with Crippen LogP contribution in [0.1, 0.15) is 30.4 Å². The van der Waals surface area contributed by atoms with Crippen LogP contribution in [0.4, 0.5) is 8.78 Å². The van der Waals surface area contributed by atoms with E-state index in [1.165, 1.54) is 0 Å². The molecule has 0 aliphatic heterocycles. The summed E-state index contributed by atoms with van der Waals surface area (Å²) in [5.74, 6) is 0. The second-order valence-electron chi connectivity index (χ2n) is 4.18. The number of alkyl halides is 2. The highest BCUT2D eigenvalue weighted by Crippen LogP contribution is 2.48. The topological polar surface area (TPSA) is 0 Å². The molecule has 2 rings (SSSR count). The Morgan fingerprint density at radius 1 is 1.29 bits per heavy atom. The van der Waals surface area contributed by atoms with Crippen LogP contribution in [0.5, 0.6) is 0 Å². The molecule has 0 bridgehead atoms. The highest BCUT2D eigenvalue weighted by atomic mass is 19.3. The summed E-state index contributed by atoms with van der Waals surface area (Å²) in [5.41, 5.74) is 1.06. The van der Waals surface area contributed by atoms with Crippen molar-refractivity contribution < 1.29 is 8.78 Å². The Balaban J connectivity index is 2.37. The smallest absolute Gasteiger partial charge is 0.210 e. The zero-order valence-electron chi connectivity index (χ0n) is 8.26. The lowest BCUT2D eigenvalue weighted by Gasteiger charge is -2.41. The summed E-state index contributed by atoms with van der Waals surface area (Å²) in [4.78, 5) is 0. The molecule has 0 saturated heterocycles. The van der Waals surface area contributed by atoms with Gasteiger partial charge in [-0.25, -0.2) is 8.78 Å². The number of benzene rings is 1. The molecule has 0 nitrogen and oxygen atoms in total. The van der Waals surface area contributed by atoms with E-state index in [4.69, 9.17) is 0 Å². The van der Waals surface area contributed by atoms with E-state index in [2.05, 4.69) is 0 Å². The first-order chi connectivity index (χ1) is 6.65. The Labute approximate surface area is 82.9 Å². The minimum absolute atomic E-state index is 0.633. The summed E-state index contributed by atoms with van der Waals surface area (Å²) >= 11 is 0. The number of hydrogen-bond donors (Lipinski definition) is 0. The number of hydrogen-bond acceptors (Lipinski definition) is 0. The predicted octanol–water partition coefficient (Wildman–Crippen LogP) is 3.68. The van der Waals surface area contributed by atoms with Gasteiger partial charge in [0.05, 0.1) is 5.41 Å². The van der Waals surface area contributed by atoms with E-state index < -0.39 is 11.8 Å². The minimum Gasteiger partial charge on any atom is -0.210 e. The van der Waals surface area contributed by atoms with Gasteiger partial charge in [0.25, 0.3) is 0 Å². The van der Waals surface area contributed by atoms with E-state index in [-0.39, 0.29) is 0 Å². The Bertz CT molecular complexity index is 327. The van der Waals surface area contributed by atoms with E-state index in [0.717, 1.165) is 17.5 Å². The van der Waals surface area contributed by atoms with Gasteiger partial charge in [-0.05, 0) is 25.3 Å². The summed E-state index contributed by atoms with van der Waals surface area (Å²) < 4.78 is 25.9. The fourth-order valence-electron chi connectivity index (χ4n) is 2.15. The molecule has 76 valence electrons. The molecule has 2 heteroatoms. The number of halogens is 2. The molecule has 1 saturated carbocycles. The van der Waals surface area contributed by atoms with Gasteiger partial charge in [0.15, 0.2) is 0 Å². The largest absolute Gasteiger partial charge is 0.248 e. The van der Waals surface area contributed by atoms with Gasteiger partial charge in [-0.2, -0.15) is 0 Å². The fraction of sp³-hybridized carbons (Fsp3) is 0.500. The summed E-state index contributed by atoms with van der Waals surface area (Å²) in [6, 6.07) is 7.54. The van der Waals surface area contributed by atoms with Crippen molar-refractivity contribution in [2.75, 3.05) is 0 Å². The Morgan fingerprint density at radius 3 is 2.43 bits per heavy atom. The summed E-state index contributed by atoms with van der Waals surface area (Å²) in [6.45, 7) is 1.95. The van der Waals surface area contributed by atoms with Crippen molar-refractivity contribution in [2.45, 2.75) is 38.0 Å². The van der Waals surface area contributed by atoms with E-state index >= 15 is 0 Å². The van der Waals surface area contributed by atoms with Crippen molar-refractivity contribution in [1.29, 1.82) is 0 Å². The number of aryl methyl sites for hydroxylation is 1. The molecule has 1 fully saturated rings. The second-order valence-corrected chi connectivity index (χ2v) is 4.18. The highest BCUT2D eigenvalue weighted by molar-refractivity contribution is 5.32. The third-order valence-corrected chi connectivity index (χ3v) is 3.26. The molecule has 0 spiro atoms. The molecule has 0 N–H and O–H groups in total. The Kier molecular flexibility index (Phi) is 2.30. The molecule has 1 aliphatic rings. The molecule has 0 atom stereocenters. The molecule has 0 heterocycles. The van der Waals surface area contributed by atoms with Crippen LogP contribution >= 0.6 is 0 Å². The average Bonchev–Trinajstić information content (AvgIpc) is 2.00. The van der Waals surface area contributed by atoms with E-state index in [1.807, 2.05) is 31.2 Å². The van der Waals surface area contributed by atoms with E-state index in [9.17, 15) is 8.78 Å². The third kappa shape index (κ3) is 1.33. The lowest BCUT2D eigenvalue weighted by Crippen LogP contribution is -2.41. The van der Waals surface area contributed by atoms with Crippen LogP contribution in [-0.2, 0) is 5.41 Å². The van der Waals surface area contributed by atoms with Crippen LogP contribution in [0.3, 0.4) is 0 Å². The first-order valence-corrected chi connectivity index (χ1v) is 5.00. The van der Waals surface area contributed by atoms with Gasteiger partial charge in [-0.3, -0.25) is 0 Å². The summed E-state index contributed by atoms with van der Waals surface area (Å²) in [6.07, 6.45) is -0.0291. The molecule has 0 aromatic heterocycles. The van der Waals surface area contributed by atoms with Crippen LogP contribution in [0.25, 0.3) is 0 Å². The SMILES string of the molecule is Cc1cccc(C2(C(F)F)CCC2)c1. The maximum atomic E-state index is 13.0. The zero-order chi connectivity index (χ0) is 10.2. The van der Waals surface area contributed by atoms with Gasteiger partial charge in [-0.15, -0.1) is 0 Å². The monoisotopic (exact) mass is 196 g/mol. The third-order valence-electron chi connectivity index (χ3n) is 3.26. The van der Waals surface area contributed by atoms with Crippen LogP contribution in [0.2, 0.25) is 0 Å². The molecule has 1 aliphatic carbocycles. The molecule has 1 aromatic rings. The van der Waals surface area contributed by atoms with Crippen molar-refractivity contribution in [3.8, 4) is 0 Å². The Hall–Kier alpha value is -0.920. The van der Waals surface area contributed by atoms with Crippen molar-refractivity contribution in [3.63, 3.8) is 0 Å². The van der Waals surface area contributed by atoms with Gasteiger partial charge in [0.1, 0.15) is 0 Å².